The van der Waals surface area contributed by atoms with Gasteiger partial charge in [0.25, 0.3) is 0 Å². The van der Waals surface area contributed by atoms with Crippen LogP contribution in [0.1, 0.15) is 13.8 Å². The average molecular weight is 368 g/mol. The van der Waals surface area contributed by atoms with Gasteiger partial charge in [-0.1, -0.05) is 0 Å². The van der Waals surface area contributed by atoms with Crippen LogP contribution in [0.4, 0.5) is 11.4 Å². The average Bonchev–Trinajstić information content (AvgIpc) is 2.94. The lowest BCUT2D eigenvalue weighted by atomic mass is 10.1. The first-order chi connectivity index (χ1) is 11.3. The molecule has 8 nitrogen and oxygen atoms in total. The van der Waals surface area contributed by atoms with Crippen LogP contribution in [0.25, 0.3) is 0 Å². The van der Waals surface area contributed by atoms with E-state index in [1.54, 1.807) is 51.4 Å². The first-order valence-corrected chi connectivity index (χ1v) is 7.34. The fraction of sp³-hybridized carbons (Fsp3) is 0.312. The van der Waals surface area contributed by atoms with Gasteiger partial charge in [0.15, 0.2) is 0 Å². The molecule has 25 heavy (non-hydrogen) atoms. The number of anilines is 2. The number of ether oxygens (including phenoxy) is 1. The Morgan fingerprint density at radius 3 is 2.40 bits per heavy atom. The van der Waals surface area contributed by atoms with Crippen molar-refractivity contribution >= 4 is 35.6 Å². The number of nitrogens with one attached hydrogen (secondary N) is 2. The summed E-state index contributed by atoms with van der Waals surface area (Å²) in [7, 11) is 1.58. The second kappa shape index (κ2) is 8.50. The largest absolute Gasteiger partial charge is 0.497 e. The van der Waals surface area contributed by atoms with Crippen molar-refractivity contribution in [1.82, 2.24) is 9.78 Å². The second-order valence-electron chi connectivity index (χ2n) is 5.88. The van der Waals surface area contributed by atoms with E-state index in [1.807, 2.05) is 0 Å². The molecule has 0 fully saturated rings. The van der Waals surface area contributed by atoms with Gasteiger partial charge in [0.2, 0.25) is 11.8 Å². The van der Waals surface area contributed by atoms with E-state index in [0.29, 0.717) is 17.1 Å². The van der Waals surface area contributed by atoms with Gasteiger partial charge in [-0.25, -0.2) is 0 Å². The summed E-state index contributed by atoms with van der Waals surface area (Å²) >= 11 is 0. The molecule has 0 bridgehead atoms. The maximum absolute atomic E-state index is 12.0. The molecule has 136 valence electrons. The number of hydrogen-bond acceptors (Lipinski definition) is 5. The molecule has 0 aliphatic heterocycles. The summed E-state index contributed by atoms with van der Waals surface area (Å²) in [6, 6.07) is 7.00. The van der Waals surface area contributed by atoms with Crippen LogP contribution in [-0.2, 0) is 16.1 Å². The van der Waals surface area contributed by atoms with E-state index in [-0.39, 0.29) is 30.8 Å². The Morgan fingerprint density at radius 2 is 1.84 bits per heavy atom. The van der Waals surface area contributed by atoms with Gasteiger partial charge in [0, 0.05) is 11.9 Å². The van der Waals surface area contributed by atoms with Gasteiger partial charge in [0.05, 0.1) is 24.5 Å². The summed E-state index contributed by atoms with van der Waals surface area (Å²) in [6.45, 7) is 3.23. The van der Waals surface area contributed by atoms with Gasteiger partial charge in [0.1, 0.15) is 12.3 Å². The lowest BCUT2D eigenvalue weighted by molar-refractivity contribution is -0.120. The molecule has 0 radical (unpaired) electrons. The van der Waals surface area contributed by atoms with Crippen LogP contribution in [0.2, 0.25) is 0 Å². The first-order valence-electron chi connectivity index (χ1n) is 7.34. The van der Waals surface area contributed by atoms with Crippen molar-refractivity contribution in [3.63, 3.8) is 0 Å². The van der Waals surface area contributed by atoms with E-state index < -0.39 is 5.54 Å². The number of halogens is 1. The number of hydrogen-bond donors (Lipinski definition) is 3. The van der Waals surface area contributed by atoms with Crippen molar-refractivity contribution in [2.24, 2.45) is 5.73 Å². The number of rotatable bonds is 6. The Hall–Kier alpha value is -2.58. The van der Waals surface area contributed by atoms with Crippen LogP contribution in [0.15, 0.2) is 36.7 Å². The number of nitrogens with two attached hydrogens (primary N) is 1. The number of nitrogens with zero attached hydrogens (tertiary/aromatic N) is 2. The number of benzene rings is 1. The summed E-state index contributed by atoms with van der Waals surface area (Å²) in [4.78, 5) is 23.8. The molecule has 0 spiro atoms. The highest BCUT2D eigenvalue weighted by atomic mass is 35.5. The van der Waals surface area contributed by atoms with Crippen LogP contribution in [0.5, 0.6) is 5.75 Å². The number of carbonyl (C=O) groups excluding carboxylic acids is 2. The van der Waals surface area contributed by atoms with Crippen molar-refractivity contribution in [2.45, 2.75) is 25.9 Å². The molecular formula is C16H22ClN5O3. The normalized spacial score (nSPS) is 10.6. The molecule has 2 aromatic rings. The van der Waals surface area contributed by atoms with Crippen molar-refractivity contribution in [2.75, 3.05) is 17.7 Å². The highest BCUT2D eigenvalue weighted by molar-refractivity contribution is 5.97. The molecule has 0 aliphatic carbocycles. The van der Waals surface area contributed by atoms with Gasteiger partial charge in [-0.3, -0.25) is 14.3 Å². The third-order valence-electron chi connectivity index (χ3n) is 3.16. The minimum absolute atomic E-state index is 0. The van der Waals surface area contributed by atoms with E-state index in [1.165, 1.54) is 10.9 Å². The molecule has 0 saturated carbocycles. The Morgan fingerprint density at radius 1 is 1.20 bits per heavy atom. The summed E-state index contributed by atoms with van der Waals surface area (Å²) < 4.78 is 6.49. The minimum Gasteiger partial charge on any atom is -0.497 e. The smallest absolute Gasteiger partial charge is 0.246 e. The molecule has 0 saturated heterocycles. The number of methoxy groups -OCH3 is 1. The summed E-state index contributed by atoms with van der Waals surface area (Å²) in [5.74, 6) is 0.147. The maximum Gasteiger partial charge on any atom is 0.246 e. The van der Waals surface area contributed by atoms with Crippen molar-refractivity contribution < 1.29 is 14.3 Å². The Bertz CT molecular complexity index is 722. The van der Waals surface area contributed by atoms with Crippen molar-refractivity contribution in [1.29, 1.82) is 0 Å². The number of aromatic nitrogens is 2. The number of carbonyl (C=O) groups is 2. The molecule has 0 aliphatic rings. The SMILES string of the molecule is COc1ccc(NC(=O)Cn2cc(NC(=O)C(C)(C)N)cn2)cc1.Cl. The molecule has 1 heterocycles. The highest BCUT2D eigenvalue weighted by Gasteiger charge is 2.22. The molecule has 4 N–H and O–H groups in total. The Balaban J connectivity index is 0.00000312. The lowest BCUT2D eigenvalue weighted by Crippen LogP contribution is -2.45. The molecule has 0 unspecified atom stereocenters. The van der Waals surface area contributed by atoms with Crippen LogP contribution >= 0.6 is 12.4 Å². The van der Waals surface area contributed by atoms with Gasteiger partial charge in [-0.05, 0) is 38.1 Å². The first kappa shape index (κ1) is 20.5. The molecule has 1 aromatic carbocycles. The fourth-order valence-corrected chi connectivity index (χ4v) is 1.83. The van der Waals surface area contributed by atoms with Gasteiger partial charge in [-0.15, -0.1) is 12.4 Å². The summed E-state index contributed by atoms with van der Waals surface area (Å²) in [5.41, 5.74) is 5.86. The topological polar surface area (TPSA) is 111 Å². The second-order valence-corrected chi connectivity index (χ2v) is 5.88. The summed E-state index contributed by atoms with van der Waals surface area (Å²) in [5, 5.41) is 9.44. The standard InChI is InChI=1S/C16H21N5O3.ClH/c1-16(2,17)15(23)20-12-8-18-21(9-12)10-14(22)19-11-4-6-13(24-3)7-5-11;/h4-9H,10,17H2,1-3H3,(H,19,22)(H,20,23);1H. The Kier molecular flexibility index (Phi) is 6.96. The third kappa shape index (κ3) is 6.09. The van der Waals surface area contributed by atoms with Gasteiger partial charge in [-0.2, -0.15) is 5.10 Å². The van der Waals surface area contributed by atoms with E-state index in [4.69, 9.17) is 10.5 Å². The van der Waals surface area contributed by atoms with Crippen LogP contribution in [0, 0.1) is 0 Å². The van der Waals surface area contributed by atoms with E-state index in [2.05, 4.69) is 15.7 Å². The molecule has 2 amide bonds. The Labute approximate surface area is 152 Å². The quantitative estimate of drug-likeness (QED) is 0.718. The van der Waals surface area contributed by atoms with E-state index in [9.17, 15) is 9.59 Å². The van der Waals surface area contributed by atoms with Crippen molar-refractivity contribution in [3.05, 3.63) is 36.7 Å². The zero-order valence-electron chi connectivity index (χ0n) is 14.3. The van der Waals surface area contributed by atoms with Gasteiger partial charge < -0.3 is 21.1 Å². The predicted molar refractivity (Wildman–Crippen MR) is 98.0 cm³/mol. The van der Waals surface area contributed by atoms with Crippen LogP contribution in [-0.4, -0.2) is 34.2 Å². The molecule has 9 heteroatoms. The van der Waals surface area contributed by atoms with Crippen LogP contribution < -0.4 is 21.1 Å². The van der Waals surface area contributed by atoms with Crippen LogP contribution in [0.3, 0.4) is 0 Å². The lowest BCUT2D eigenvalue weighted by Gasteiger charge is -2.16. The van der Waals surface area contributed by atoms with E-state index in [0.717, 1.165) is 0 Å². The van der Waals surface area contributed by atoms with Gasteiger partial charge >= 0.3 is 0 Å². The fourth-order valence-electron chi connectivity index (χ4n) is 1.83. The molecule has 1 aromatic heterocycles. The monoisotopic (exact) mass is 367 g/mol. The number of amides is 2. The highest BCUT2D eigenvalue weighted by Crippen LogP contribution is 2.15. The summed E-state index contributed by atoms with van der Waals surface area (Å²) in [6.07, 6.45) is 3.03. The predicted octanol–water partition coefficient (Wildman–Crippen LogP) is 1.63. The zero-order valence-corrected chi connectivity index (χ0v) is 15.1. The molecule has 0 atom stereocenters. The third-order valence-corrected chi connectivity index (χ3v) is 3.16. The maximum atomic E-state index is 12.0. The molecular weight excluding hydrogens is 346 g/mol. The molecule has 2 rings (SSSR count). The van der Waals surface area contributed by atoms with Crippen molar-refractivity contribution in [3.8, 4) is 5.75 Å². The zero-order chi connectivity index (χ0) is 17.7. The van der Waals surface area contributed by atoms with E-state index >= 15 is 0 Å². The minimum atomic E-state index is -0.992.